The van der Waals surface area contributed by atoms with Crippen LogP contribution in [0.15, 0.2) is 0 Å². The van der Waals surface area contributed by atoms with Crippen LogP contribution in [0, 0.1) is 0 Å². The molecule has 0 amide bonds. The van der Waals surface area contributed by atoms with Crippen LogP contribution < -0.4 is 0 Å². The van der Waals surface area contributed by atoms with E-state index in [2.05, 4.69) is 0 Å². The summed E-state index contributed by atoms with van der Waals surface area (Å²) in [5.41, 5.74) is 0. The molecule has 0 heterocycles. The maximum Gasteiger partial charge on any atom is -0.0149 e. The summed E-state index contributed by atoms with van der Waals surface area (Å²) in [6.45, 7) is 0. The summed E-state index contributed by atoms with van der Waals surface area (Å²) in [4.78, 5) is 0. The van der Waals surface area contributed by atoms with Gasteiger partial charge in [-0.15, -0.1) is 0 Å². The summed E-state index contributed by atoms with van der Waals surface area (Å²) in [6, 6.07) is 0. The summed E-state index contributed by atoms with van der Waals surface area (Å²) in [5.74, 6) is 0. The van der Waals surface area contributed by atoms with Crippen LogP contribution in [-0.2, 0) is 33.4 Å². The second kappa shape index (κ2) is 9.07. The zero-order chi connectivity index (χ0) is 2.71. The molecular formula is H4O2SiY. The van der Waals surface area contributed by atoms with E-state index in [0.29, 0.717) is 0 Å². The van der Waals surface area contributed by atoms with E-state index in [4.69, 9.17) is 4.09 Å². The van der Waals surface area contributed by atoms with Crippen LogP contribution >= 0.6 is 0 Å². The smallest absolute Gasteiger partial charge is 0.0149 e. The van der Waals surface area contributed by atoms with E-state index in [1.54, 1.807) is 0 Å². The van der Waals surface area contributed by atoms with Crippen LogP contribution in [0.1, 0.15) is 0 Å². The second-order valence-electron chi connectivity index (χ2n) is 0.0962. The van der Waals surface area contributed by atoms with Gasteiger partial charge in [0.2, 0.25) is 0 Å². The van der Waals surface area contributed by atoms with Crippen molar-refractivity contribution < 1.29 is 33.4 Å². The van der Waals surface area contributed by atoms with Gasteiger partial charge in [-0.2, -0.15) is 0 Å². The fourth-order valence-electron chi connectivity index (χ4n) is 0. The Labute approximate surface area is 44.2 Å². The summed E-state index contributed by atoms with van der Waals surface area (Å²) in [6.07, 6.45) is 0. The Kier molecular flexibility index (Phi) is 20.1. The summed E-state index contributed by atoms with van der Waals surface area (Å²) in [7, 11) is 0. The molecule has 0 rings (SSSR count). The third kappa shape index (κ3) is 12.7. The van der Waals surface area contributed by atoms with E-state index < -0.39 is 29.3 Å². The topological polar surface area (TPSA) is 34.1 Å². The Balaban J connectivity index is 0. The first-order valence-electron chi connectivity index (χ1n) is 0.471. The zero-order valence-corrected chi connectivity index (χ0v) is 4.23. The standard InChI is InChI=1S/2O.H4Si.Y/h;;1H4;. The fraction of sp³-hybridized carbons (Fsp3) is 0. The van der Waals surface area contributed by atoms with Crippen LogP contribution in [0.3, 0.4) is 0 Å². The molecule has 4 heteroatoms. The van der Waals surface area contributed by atoms with E-state index >= 15 is 0 Å². The van der Waals surface area contributed by atoms with Gasteiger partial charge in [0.25, 0.3) is 0 Å². The SMILES string of the molecule is [O]=[Y]=[O].[SiH4]. The molecule has 0 aromatic carbocycles. The van der Waals surface area contributed by atoms with Crippen LogP contribution in [0.4, 0.5) is 0 Å². The van der Waals surface area contributed by atoms with Crippen molar-refractivity contribution in [2.24, 2.45) is 0 Å². The van der Waals surface area contributed by atoms with Crippen LogP contribution in [0.2, 0.25) is 0 Å². The van der Waals surface area contributed by atoms with Gasteiger partial charge in [-0.3, -0.25) is 0 Å². The monoisotopic (exact) mass is 153 g/mol. The molecule has 23 valence electrons. The third-order valence-corrected chi connectivity index (χ3v) is 0. The predicted octanol–water partition coefficient (Wildman–Crippen LogP) is -1.69. The molecule has 0 aliphatic rings. The van der Waals surface area contributed by atoms with Crippen molar-refractivity contribution in [1.82, 2.24) is 0 Å². The quantitative estimate of drug-likeness (QED) is 0.389. The molecule has 0 radical (unpaired) electrons. The largest absolute Gasteiger partial charge is 0.0149 e. The van der Waals surface area contributed by atoms with Crippen LogP contribution in [-0.4, -0.2) is 11.0 Å². The van der Waals surface area contributed by atoms with Gasteiger partial charge in [-0.05, 0) is 11.0 Å². The maximum atomic E-state index is 8.56. The van der Waals surface area contributed by atoms with Gasteiger partial charge in [0.1, 0.15) is 0 Å². The summed E-state index contributed by atoms with van der Waals surface area (Å²) < 4.78 is 17.1. The van der Waals surface area contributed by atoms with E-state index in [9.17, 15) is 0 Å². The molecule has 0 saturated heterocycles. The van der Waals surface area contributed by atoms with Gasteiger partial charge >= 0.3 is 33.4 Å². The molecular weight excluding hydrogens is 149 g/mol. The molecule has 0 spiro atoms. The molecule has 0 bridgehead atoms. The van der Waals surface area contributed by atoms with Gasteiger partial charge in [0, 0.05) is 0 Å². The van der Waals surface area contributed by atoms with Gasteiger partial charge < -0.3 is 0 Å². The van der Waals surface area contributed by atoms with Crippen LogP contribution in [0.25, 0.3) is 0 Å². The number of hydrogen-bond donors (Lipinski definition) is 0. The molecule has 2 nitrogen and oxygen atoms in total. The van der Waals surface area contributed by atoms with Crippen molar-refractivity contribution >= 4 is 11.0 Å². The average Bonchev–Trinajstić information content (AvgIpc) is 0.918. The van der Waals surface area contributed by atoms with Crippen LogP contribution in [0.5, 0.6) is 0 Å². The van der Waals surface area contributed by atoms with E-state index in [-0.39, 0.29) is 11.0 Å². The third-order valence-electron chi connectivity index (χ3n) is 0. The Hall–Kier alpha value is 0.921. The predicted molar refractivity (Wildman–Crippen MR) is 12.7 cm³/mol. The van der Waals surface area contributed by atoms with Crippen molar-refractivity contribution in [3.05, 3.63) is 0 Å². The molecule has 0 N–H and O–H groups in total. The Bertz CT molecular complexity index is 27.0. The minimum atomic E-state index is -2.39. The van der Waals surface area contributed by atoms with Crippen molar-refractivity contribution in [1.29, 1.82) is 0 Å². The molecule has 0 saturated carbocycles. The normalized spacial score (nSPS) is 2.00. The Morgan fingerprint density at radius 1 is 1.25 bits per heavy atom. The van der Waals surface area contributed by atoms with Crippen molar-refractivity contribution in [3.8, 4) is 0 Å². The van der Waals surface area contributed by atoms with E-state index in [0.717, 1.165) is 0 Å². The van der Waals surface area contributed by atoms with Gasteiger partial charge in [-0.1, -0.05) is 0 Å². The minimum Gasteiger partial charge on any atom is -0.0149 e. The first-order chi connectivity index (χ1) is 1.41. The molecule has 0 unspecified atom stereocenters. The maximum absolute atomic E-state index is 8.56. The van der Waals surface area contributed by atoms with Crippen molar-refractivity contribution in [2.45, 2.75) is 0 Å². The fourth-order valence-corrected chi connectivity index (χ4v) is 0. The molecule has 0 aliphatic carbocycles. The molecule has 4 heavy (non-hydrogen) atoms. The summed E-state index contributed by atoms with van der Waals surface area (Å²) in [5, 5.41) is 0. The Morgan fingerprint density at radius 3 is 1.25 bits per heavy atom. The Morgan fingerprint density at radius 2 is 1.25 bits per heavy atom. The average molecular weight is 153 g/mol. The molecule has 0 atom stereocenters. The molecule has 0 aliphatic heterocycles. The van der Waals surface area contributed by atoms with E-state index in [1.807, 2.05) is 0 Å². The van der Waals surface area contributed by atoms with E-state index in [1.165, 1.54) is 0 Å². The minimum absolute atomic E-state index is 0. The van der Waals surface area contributed by atoms with Gasteiger partial charge in [0.15, 0.2) is 0 Å². The van der Waals surface area contributed by atoms with Gasteiger partial charge in [-0.25, -0.2) is 0 Å². The summed E-state index contributed by atoms with van der Waals surface area (Å²) >= 11 is -2.39. The molecule has 0 aromatic heterocycles. The molecule has 0 fully saturated rings. The van der Waals surface area contributed by atoms with Crippen molar-refractivity contribution in [3.63, 3.8) is 0 Å². The first kappa shape index (κ1) is 8.87. The van der Waals surface area contributed by atoms with Crippen molar-refractivity contribution in [2.75, 3.05) is 0 Å². The molecule has 0 aromatic rings. The first-order valence-corrected chi connectivity index (χ1v) is 2.79. The number of rotatable bonds is 0. The second-order valence-corrected chi connectivity index (χ2v) is 0.569. The zero-order valence-electron chi connectivity index (χ0n) is 1.39. The van der Waals surface area contributed by atoms with Gasteiger partial charge in [0.05, 0.1) is 0 Å². The number of hydrogen-bond acceptors (Lipinski definition) is 2.